The Morgan fingerprint density at radius 3 is 2.77 bits per heavy atom. The van der Waals surface area contributed by atoms with Gasteiger partial charge in [-0.1, -0.05) is 29.8 Å². The Morgan fingerprint density at radius 2 is 1.86 bits per heavy atom. The van der Waals surface area contributed by atoms with Crippen molar-refractivity contribution in [1.29, 1.82) is 0 Å². The first kappa shape index (κ1) is 14.1. The summed E-state index contributed by atoms with van der Waals surface area (Å²) in [5.74, 6) is 0.472. The number of fused-ring (bicyclic) bond motifs is 2. The van der Waals surface area contributed by atoms with E-state index in [1.54, 1.807) is 0 Å². The number of nitrogens with one attached hydrogen (secondary N) is 1. The summed E-state index contributed by atoms with van der Waals surface area (Å²) in [6.45, 7) is 1.86. The Hall–Kier alpha value is -1.51. The van der Waals surface area contributed by atoms with Crippen LogP contribution in [0.1, 0.15) is 40.2 Å². The molecule has 1 atom stereocenters. The zero-order chi connectivity index (χ0) is 15.1. The van der Waals surface area contributed by atoms with Crippen molar-refractivity contribution in [1.82, 2.24) is 5.32 Å². The standard InChI is InChI=1S/C19H20ClNO/c20-18-9-15-6-7-21-11-17(16(15)10-19(18)22)14-5-4-12-2-1-3-13(12)8-14/h4-5,8-10,17,21-22H,1-3,6-7,11H2. The molecule has 0 saturated heterocycles. The van der Waals surface area contributed by atoms with Crippen LogP contribution in [0.3, 0.4) is 0 Å². The number of aryl methyl sites for hydroxylation is 2. The normalized spacial score (nSPS) is 20.3. The molecular formula is C19H20ClNO. The summed E-state index contributed by atoms with van der Waals surface area (Å²) in [5.41, 5.74) is 6.81. The van der Waals surface area contributed by atoms with Gasteiger partial charge >= 0.3 is 0 Å². The molecule has 0 fully saturated rings. The van der Waals surface area contributed by atoms with E-state index in [2.05, 4.69) is 23.5 Å². The summed E-state index contributed by atoms with van der Waals surface area (Å²) in [7, 11) is 0. The number of hydrogen-bond donors (Lipinski definition) is 2. The van der Waals surface area contributed by atoms with Gasteiger partial charge in [0, 0.05) is 12.5 Å². The van der Waals surface area contributed by atoms with Gasteiger partial charge in [-0.2, -0.15) is 0 Å². The summed E-state index contributed by atoms with van der Waals surface area (Å²) in [5, 5.41) is 14.0. The second-order valence-electron chi connectivity index (χ2n) is 6.39. The lowest BCUT2D eigenvalue weighted by Gasteiger charge is -2.20. The molecule has 2 N–H and O–H groups in total. The Morgan fingerprint density at radius 1 is 1.00 bits per heavy atom. The molecule has 0 radical (unpaired) electrons. The van der Waals surface area contributed by atoms with Gasteiger partial charge in [0.05, 0.1) is 5.02 Å². The first-order chi connectivity index (χ1) is 10.7. The van der Waals surface area contributed by atoms with Crippen LogP contribution >= 0.6 is 11.6 Å². The largest absolute Gasteiger partial charge is 0.506 e. The van der Waals surface area contributed by atoms with Crippen LogP contribution in [0.15, 0.2) is 30.3 Å². The summed E-state index contributed by atoms with van der Waals surface area (Å²) < 4.78 is 0. The Kier molecular flexibility index (Phi) is 3.59. The number of hydrogen-bond acceptors (Lipinski definition) is 2. The second kappa shape index (κ2) is 5.60. The predicted molar refractivity (Wildman–Crippen MR) is 90.0 cm³/mol. The Labute approximate surface area is 136 Å². The lowest BCUT2D eigenvalue weighted by atomic mass is 9.86. The minimum absolute atomic E-state index is 0.188. The molecule has 2 aromatic carbocycles. The molecule has 2 aromatic rings. The maximum atomic E-state index is 10.0. The fourth-order valence-electron chi connectivity index (χ4n) is 3.85. The molecule has 0 spiro atoms. The van der Waals surface area contributed by atoms with Crippen LogP contribution in [-0.4, -0.2) is 18.2 Å². The van der Waals surface area contributed by atoms with Crippen molar-refractivity contribution in [3.8, 4) is 5.75 Å². The maximum absolute atomic E-state index is 10.0. The average Bonchev–Trinajstić information content (AvgIpc) is 2.89. The molecule has 114 valence electrons. The molecule has 1 aliphatic carbocycles. The molecule has 3 heteroatoms. The third kappa shape index (κ3) is 2.41. The number of benzene rings is 2. The SMILES string of the molecule is Oc1cc2c(cc1Cl)CCNCC2c1ccc2c(c1)CCC2. The van der Waals surface area contributed by atoms with E-state index in [0.29, 0.717) is 5.02 Å². The molecule has 0 aromatic heterocycles. The van der Waals surface area contributed by atoms with Crippen molar-refractivity contribution in [3.63, 3.8) is 0 Å². The maximum Gasteiger partial charge on any atom is 0.134 e. The summed E-state index contributed by atoms with van der Waals surface area (Å²) in [6, 6.07) is 10.7. The molecular weight excluding hydrogens is 294 g/mol. The van der Waals surface area contributed by atoms with E-state index in [-0.39, 0.29) is 11.7 Å². The first-order valence-electron chi connectivity index (χ1n) is 8.06. The van der Waals surface area contributed by atoms with Gasteiger partial charge in [0.2, 0.25) is 0 Å². The van der Waals surface area contributed by atoms with Crippen molar-refractivity contribution in [2.45, 2.75) is 31.6 Å². The summed E-state index contributed by atoms with van der Waals surface area (Å²) >= 11 is 6.10. The van der Waals surface area contributed by atoms with Gasteiger partial charge in [0.25, 0.3) is 0 Å². The number of aromatic hydroxyl groups is 1. The van der Waals surface area contributed by atoms with E-state index in [1.807, 2.05) is 12.1 Å². The van der Waals surface area contributed by atoms with Gasteiger partial charge in [0.15, 0.2) is 0 Å². The van der Waals surface area contributed by atoms with E-state index in [4.69, 9.17) is 11.6 Å². The third-order valence-corrected chi connectivity index (χ3v) is 5.33. The van der Waals surface area contributed by atoms with Gasteiger partial charge < -0.3 is 10.4 Å². The van der Waals surface area contributed by atoms with E-state index >= 15 is 0 Å². The molecule has 0 saturated carbocycles. The fraction of sp³-hybridized carbons (Fsp3) is 0.368. The van der Waals surface area contributed by atoms with Gasteiger partial charge in [-0.05, 0) is 72.2 Å². The van der Waals surface area contributed by atoms with Crippen molar-refractivity contribution >= 4 is 11.6 Å². The minimum atomic E-state index is 0.188. The minimum Gasteiger partial charge on any atom is -0.506 e. The molecule has 0 bridgehead atoms. The van der Waals surface area contributed by atoms with Crippen LogP contribution in [0.5, 0.6) is 5.75 Å². The summed E-state index contributed by atoms with van der Waals surface area (Å²) in [4.78, 5) is 0. The molecule has 0 amide bonds. The average molecular weight is 314 g/mol. The van der Waals surface area contributed by atoms with E-state index in [0.717, 1.165) is 19.5 Å². The molecule has 22 heavy (non-hydrogen) atoms. The monoisotopic (exact) mass is 313 g/mol. The van der Waals surface area contributed by atoms with Crippen molar-refractivity contribution < 1.29 is 5.11 Å². The zero-order valence-electron chi connectivity index (χ0n) is 12.5. The number of halogens is 1. The molecule has 1 heterocycles. The van der Waals surface area contributed by atoms with Gasteiger partial charge in [0.1, 0.15) is 5.75 Å². The highest BCUT2D eigenvalue weighted by molar-refractivity contribution is 6.32. The van der Waals surface area contributed by atoms with E-state index < -0.39 is 0 Å². The highest BCUT2D eigenvalue weighted by Gasteiger charge is 2.23. The first-order valence-corrected chi connectivity index (χ1v) is 8.44. The van der Waals surface area contributed by atoms with Gasteiger partial charge in [-0.25, -0.2) is 0 Å². The highest BCUT2D eigenvalue weighted by atomic mass is 35.5. The summed E-state index contributed by atoms with van der Waals surface area (Å²) in [6.07, 6.45) is 4.64. The van der Waals surface area contributed by atoms with Crippen LogP contribution in [0.2, 0.25) is 5.02 Å². The van der Waals surface area contributed by atoms with Crippen LogP contribution < -0.4 is 5.32 Å². The van der Waals surface area contributed by atoms with Crippen LogP contribution in [0.25, 0.3) is 0 Å². The molecule has 2 aliphatic rings. The number of phenolic OH excluding ortho intramolecular Hbond substituents is 1. The topological polar surface area (TPSA) is 32.3 Å². The number of phenols is 1. The van der Waals surface area contributed by atoms with Crippen LogP contribution in [0, 0.1) is 0 Å². The van der Waals surface area contributed by atoms with Crippen molar-refractivity contribution in [3.05, 3.63) is 63.2 Å². The Balaban J connectivity index is 1.80. The van der Waals surface area contributed by atoms with Gasteiger partial charge in [-0.3, -0.25) is 0 Å². The van der Waals surface area contributed by atoms with Gasteiger partial charge in [-0.15, -0.1) is 0 Å². The molecule has 1 aliphatic heterocycles. The van der Waals surface area contributed by atoms with Crippen molar-refractivity contribution in [2.75, 3.05) is 13.1 Å². The molecule has 1 unspecified atom stereocenters. The zero-order valence-corrected chi connectivity index (χ0v) is 13.3. The van der Waals surface area contributed by atoms with E-state index in [9.17, 15) is 5.11 Å². The quantitative estimate of drug-likeness (QED) is 0.839. The van der Waals surface area contributed by atoms with Crippen LogP contribution in [0.4, 0.5) is 0 Å². The van der Waals surface area contributed by atoms with Crippen LogP contribution in [-0.2, 0) is 19.3 Å². The lowest BCUT2D eigenvalue weighted by Crippen LogP contribution is -2.21. The smallest absolute Gasteiger partial charge is 0.134 e. The lowest BCUT2D eigenvalue weighted by molar-refractivity contribution is 0.474. The van der Waals surface area contributed by atoms with E-state index in [1.165, 1.54) is 47.1 Å². The predicted octanol–water partition coefficient (Wildman–Crippen LogP) is 3.81. The van der Waals surface area contributed by atoms with Crippen molar-refractivity contribution in [2.24, 2.45) is 0 Å². The molecule has 4 rings (SSSR count). The highest BCUT2D eigenvalue weighted by Crippen LogP contribution is 2.36. The Bertz CT molecular complexity index is 726. The number of rotatable bonds is 1. The fourth-order valence-corrected chi connectivity index (χ4v) is 4.03. The second-order valence-corrected chi connectivity index (χ2v) is 6.80. The molecule has 2 nitrogen and oxygen atoms in total. The third-order valence-electron chi connectivity index (χ3n) is 5.03.